The van der Waals surface area contributed by atoms with Gasteiger partial charge in [-0.05, 0) is 24.7 Å². The molecule has 1 fully saturated rings. The van der Waals surface area contributed by atoms with Crippen molar-refractivity contribution in [2.24, 2.45) is 11.8 Å². The van der Waals surface area contributed by atoms with Crippen molar-refractivity contribution >= 4 is 0 Å². The monoisotopic (exact) mass is 205 g/mol. The summed E-state index contributed by atoms with van der Waals surface area (Å²) in [5.74, 6) is 1.44. The predicted octanol–water partition coefficient (Wildman–Crippen LogP) is 3.05. The molecule has 0 amide bonds. The summed E-state index contributed by atoms with van der Waals surface area (Å²) in [5.41, 5.74) is 0. The molecule has 4 atom stereocenters. The number of fused-ring (bicyclic) bond motifs is 2. The first-order valence-electron chi connectivity index (χ1n) is 6.07. The molecule has 1 saturated heterocycles. The van der Waals surface area contributed by atoms with Crippen LogP contribution in [0.3, 0.4) is 0 Å². The molecular formula is C13H19NO. The fraction of sp³-hybridized carbons (Fsp3) is 0.769. The average Bonchev–Trinajstić information content (AvgIpc) is 2.84. The number of nitrogens with zero attached hydrogens (tertiary/aromatic N) is 1. The summed E-state index contributed by atoms with van der Waals surface area (Å²) in [6.45, 7) is 2.25. The molecule has 0 N–H and O–H groups in total. The van der Waals surface area contributed by atoms with E-state index in [4.69, 9.17) is 10.00 Å². The van der Waals surface area contributed by atoms with Gasteiger partial charge in [-0.2, -0.15) is 5.26 Å². The Labute approximate surface area is 91.9 Å². The lowest BCUT2D eigenvalue weighted by Crippen LogP contribution is -2.23. The average molecular weight is 205 g/mol. The Bertz CT molecular complexity index is 279. The molecule has 2 aliphatic heterocycles. The highest BCUT2D eigenvalue weighted by atomic mass is 16.5. The molecule has 2 heteroatoms. The van der Waals surface area contributed by atoms with E-state index < -0.39 is 0 Å². The molecule has 0 spiro atoms. The smallest absolute Gasteiger partial charge is 0.0796 e. The van der Waals surface area contributed by atoms with Crippen LogP contribution in [0.1, 0.15) is 39.0 Å². The third kappa shape index (κ3) is 2.08. The van der Waals surface area contributed by atoms with Crippen molar-refractivity contribution < 1.29 is 4.74 Å². The summed E-state index contributed by atoms with van der Waals surface area (Å²) in [7, 11) is 0. The summed E-state index contributed by atoms with van der Waals surface area (Å²) in [6, 6.07) is 2.21. The number of ether oxygens (including phenoxy) is 1. The molecule has 2 aliphatic rings. The minimum atomic E-state index is 0.377. The molecule has 15 heavy (non-hydrogen) atoms. The van der Waals surface area contributed by atoms with Gasteiger partial charge in [-0.3, -0.25) is 0 Å². The van der Waals surface area contributed by atoms with Gasteiger partial charge < -0.3 is 4.74 Å². The fourth-order valence-electron chi connectivity index (χ4n) is 2.96. The maximum Gasteiger partial charge on any atom is 0.0796 e. The third-order valence-corrected chi connectivity index (χ3v) is 3.75. The molecule has 0 saturated carbocycles. The second kappa shape index (κ2) is 4.81. The van der Waals surface area contributed by atoms with Crippen LogP contribution >= 0.6 is 0 Å². The van der Waals surface area contributed by atoms with Crippen LogP contribution in [0.4, 0.5) is 0 Å². The van der Waals surface area contributed by atoms with Gasteiger partial charge in [-0.15, -0.1) is 0 Å². The lowest BCUT2D eigenvalue weighted by atomic mass is 9.78. The van der Waals surface area contributed by atoms with Crippen molar-refractivity contribution in [3.63, 3.8) is 0 Å². The number of hydrogen-bond donors (Lipinski definition) is 0. The number of nitriles is 1. The van der Waals surface area contributed by atoms with Crippen molar-refractivity contribution in [2.45, 2.75) is 51.2 Å². The molecule has 0 radical (unpaired) electrons. The molecule has 82 valence electrons. The van der Waals surface area contributed by atoms with E-state index in [2.05, 4.69) is 25.1 Å². The van der Waals surface area contributed by atoms with Crippen molar-refractivity contribution in [2.75, 3.05) is 0 Å². The van der Waals surface area contributed by atoms with Gasteiger partial charge in [0.05, 0.1) is 18.3 Å². The van der Waals surface area contributed by atoms with Crippen molar-refractivity contribution in [3.05, 3.63) is 12.2 Å². The Balaban J connectivity index is 1.81. The molecular weight excluding hydrogens is 186 g/mol. The van der Waals surface area contributed by atoms with E-state index in [1.807, 2.05) is 0 Å². The van der Waals surface area contributed by atoms with Crippen LogP contribution in [-0.2, 0) is 4.74 Å². The molecule has 2 bridgehead atoms. The first kappa shape index (κ1) is 10.7. The van der Waals surface area contributed by atoms with E-state index in [9.17, 15) is 0 Å². The summed E-state index contributed by atoms with van der Waals surface area (Å²) in [6.07, 6.45) is 10.6. The molecule has 0 aromatic rings. The molecule has 0 aromatic heterocycles. The van der Waals surface area contributed by atoms with Gasteiger partial charge in [-0.1, -0.05) is 31.9 Å². The zero-order valence-electron chi connectivity index (χ0n) is 9.36. The highest BCUT2D eigenvalue weighted by Crippen LogP contribution is 2.43. The minimum Gasteiger partial charge on any atom is -0.366 e. The quantitative estimate of drug-likeness (QED) is 0.510. The van der Waals surface area contributed by atoms with Crippen molar-refractivity contribution in [3.8, 4) is 6.07 Å². The highest BCUT2D eigenvalue weighted by Gasteiger charge is 2.43. The maximum absolute atomic E-state index is 8.48. The summed E-state index contributed by atoms with van der Waals surface area (Å²) < 4.78 is 5.87. The molecule has 4 unspecified atom stereocenters. The van der Waals surface area contributed by atoms with Gasteiger partial charge in [0.25, 0.3) is 0 Å². The Morgan fingerprint density at radius 1 is 1.20 bits per heavy atom. The SMILES string of the molecule is CCC1C2C=CC(O2)C1CCCCC#N. The summed E-state index contributed by atoms with van der Waals surface area (Å²) in [5, 5.41) is 8.48. The molecule has 0 aliphatic carbocycles. The minimum absolute atomic E-state index is 0.377. The zero-order valence-corrected chi connectivity index (χ0v) is 9.36. The largest absolute Gasteiger partial charge is 0.366 e. The number of unbranched alkanes of at least 4 members (excludes halogenated alkanes) is 2. The Morgan fingerprint density at radius 2 is 1.93 bits per heavy atom. The van der Waals surface area contributed by atoms with Gasteiger partial charge in [0, 0.05) is 6.42 Å². The third-order valence-electron chi connectivity index (χ3n) is 3.75. The molecule has 2 heterocycles. The Kier molecular flexibility index (Phi) is 3.43. The van der Waals surface area contributed by atoms with E-state index in [0.717, 1.165) is 12.3 Å². The first-order chi connectivity index (χ1) is 7.36. The van der Waals surface area contributed by atoms with Crippen LogP contribution in [0.25, 0.3) is 0 Å². The second-order valence-electron chi connectivity index (χ2n) is 4.59. The van der Waals surface area contributed by atoms with Crippen LogP contribution in [0.2, 0.25) is 0 Å². The number of hydrogen-bond acceptors (Lipinski definition) is 2. The second-order valence-corrected chi connectivity index (χ2v) is 4.59. The Hall–Kier alpha value is -0.810. The standard InChI is InChI=1S/C13H19NO/c1-2-10-11(6-4-3-5-9-14)13-8-7-12(10)15-13/h7-8,10-13H,2-6H2,1H3. The zero-order chi connectivity index (χ0) is 10.7. The van der Waals surface area contributed by atoms with E-state index in [1.165, 1.54) is 19.3 Å². The van der Waals surface area contributed by atoms with E-state index in [0.29, 0.717) is 24.5 Å². The van der Waals surface area contributed by atoms with E-state index in [1.54, 1.807) is 0 Å². The maximum atomic E-state index is 8.48. The van der Waals surface area contributed by atoms with Gasteiger partial charge in [0.1, 0.15) is 0 Å². The lowest BCUT2D eigenvalue weighted by Gasteiger charge is -2.23. The summed E-state index contributed by atoms with van der Waals surface area (Å²) in [4.78, 5) is 0. The predicted molar refractivity (Wildman–Crippen MR) is 59.2 cm³/mol. The van der Waals surface area contributed by atoms with Crippen LogP contribution < -0.4 is 0 Å². The molecule has 2 rings (SSSR count). The van der Waals surface area contributed by atoms with E-state index >= 15 is 0 Å². The van der Waals surface area contributed by atoms with Gasteiger partial charge >= 0.3 is 0 Å². The van der Waals surface area contributed by atoms with Gasteiger partial charge in [0.2, 0.25) is 0 Å². The lowest BCUT2D eigenvalue weighted by molar-refractivity contribution is 0.101. The molecule has 2 nitrogen and oxygen atoms in total. The number of rotatable bonds is 5. The normalized spacial score (nSPS) is 37.1. The Morgan fingerprint density at radius 3 is 2.60 bits per heavy atom. The van der Waals surface area contributed by atoms with Crippen LogP contribution in [0.5, 0.6) is 0 Å². The van der Waals surface area contributed by atoms with Gasteiger partial charge in [0.15, 0.2) is 0 Å². The first-order valence-corrected chi connectivity index (χ1v) is 6.07. The fourth-order valence-corrected chi connectivity index (χ4v) is 2.96. The van der Waals surface area contributed by atoms with Crippen molar-refractivity contribution in [1.29, 1.82) is 5.26 Å². The van der Waals surface area contributed by atoms with Crippen molar-refractivity contribution in [1.82, 2.24) is 0 Å². The summed E-state index contributed by atoms with van der Waals surface area (Å²) >= 11 is 0. The van der Waals surface area contributed by atoms with Crippen LogP contribution in [0.15, 0.2) is 12.2 Å². The van der Waals surface area contributed by atoms with Crippen LogP contribution in [-0.4, -0.2) is 12.2 Å². The van der Waals surface area contributed by atoms with E-state index in [-0.39, 0.29) is 0 Å². The topological polar surface area (TPSA) is 33.0 Å². The van der Waals surface area contributed by atoms with Crippen LogP contribution in [0, 0.1) is 23.2 Å². The van der Waals surface area contributed by atoms with Gasteiger partial charge in [-0.25, -0.2) is 0 Å². The highest BCUT2D eigenvalue weighted by molar-refractivity contribution is 5.14. The molecule has 0 aromatic carbocycles.